The molecule has 5 nitrogen and oxygen atoms in total. The monoisotopic (exact) mass is 245 g/mol. The summed E-state index contributed by atoms with van der Waals surface area (Å²) in [5.74, 6) is 0.929. The molecule has 1 fully saturated rings. The van der Waals surface area contributed by atoms with Crippen molar-refractivity contribution in [2.75, 3.05) is 5.32 Å². The summed E-state index contributed by atoms with van der Waals surface area (Å²) in [6, 6.07) is 0.877. The zero-order valence-electron chi connectivity index (χ0n) is 10.9. The summed E-state index contributed by atoms with van der Waals surface area (Å²) in [6.07, 6.45) is 8.61. The Morgan fingerprint density at radius 2 is 2.06 bits per heavy atom. The highest BCUT2D eigenvalue weighted by Crippen LogP contribution is 2.26. The van der Waals surface area contributed by atoms with Crippen molar-refractivity contribution in [1.29, 1.82) is 0 Å². The van der Waals surface area contributed by atoms with Gasteiger partial charge in [0.1, 0.15) is 12.1 Å². The number of hydrogen-bond donors (Lipinski definition) is 1. The maximum absolute atomic E-state index is 4.40. The van der Waals surface area contributed by atoms with E-state index in [1.807, 2.05) is 10.9 Å². The molecule has 0 saturated heterocycles. The van der Waals surface area contributed by atoms with E-state index in [1.165, 1.54) is 25.7 Å². The molecule has 18 heavy (non-hydrogen) atoms. The molecule has 0 radical (unpaired) electrons. The molecule has 2 aromatic heterocycles. The van der Waals surface area contributed by atoms with E-state index >= 15 is 0 Å². The first kappa shape index (κ1) is 11.4. The third-order valence-electron chi connectivity index (χ3n) is 3.58. The Morgan fingerprint density at radius 3 is 2.78 bits per heavy atom. The second kappa shape index (κ2) is 4.55. The van der Waals surface area contributed by atoms with Gasteiger partial charge >= 0.3 is 0 Å². The first-order valence-corrected chi connectivity index (χ1v) is 6.70. The van der Waals surface area contributed by atoms with Crippen LogP contribution in [0.15, 0.2) is 12.5 Å². The molecule has 0 spiro atoms. The molecule has 96 valence electrons. The molecular formula is C13H19N5. The summed E-state index contributed by atoms with van der Waals surface area (Å²) in [5, 5.41) is 8.96. The minimum Gasteiger partial charge on any atom is -0.367 e. The second-order valence-corrected chi connectivity index (χ2v) is 5.27. The maximum atomic E-state index is 4.40. The van der Waals surface area contributed by atoms with Crippen LogP contribution in [-0.4, -0.2) is 25.8 Å². The Bertz CT molecular complexity index is 539. The number of nitrogens with one attached hydrogen (secondary N) is 1. The fourth-order valence-corrected chi connectivity index (χ4v) is 2.62. The van der Waals surface area contributed by atoms with Crippen molar-refractivity contribution >= 4 is 16.9 Å². The largest absolute Gasteiger partial charge is 0.367 e. The quantitative estimate of drug-likeness (QED) is 0.903. The second-order valence-electron chi connectivity index (χ2n) is 5.27. The lowest BCUT2D eigenvalue weighted by molar-refractivity contribution is 0.546. The van der Waals surface area contributed by atoms with Gasteiger partial charge in [0.15, 0.2) is 5.65 Å². The average molecular weight is 245 g/mol. The fraction of sp³-hybridized carbons (Fsp3) is 0.615. The standard InChI is InChI=1S/C13H19N5/c1-9(2)18-13-11(7-16-18)12(14-8-15-13)17-10-5-3-4-6-10/h7-10H,3-6H2,1-2H3,(H,14,15,17). The van der Waals surface area contributed by atoms with Gasteiger partial charge in [-0.2, -0.15) is 5.10 Å². The van der Waals surface area contributed by atoms with E-state index in [9.17, 15) is 0 Å². The average Bonchev–Trinajstić information content (AvgIpc) is 2.97. The topological polar surface area (TPSA) is 55.6 Å². The van der Waals surface area contributed by atoms with Crippen LogP contribution in [0.5, 0.6) is 0 Å². The van der Waals surface area contributed by atoms with Crippen LogP contribution in [0.2, 0.25) is 0 Å². The minimum absolute atomic E-state index is 0.316. The van der Waals surface area contributed by atoms with Gasteiger partial charge in [0, 0.05) is 12.1 Å². The van der Waals surface area contributed by atoms with Gasteiger partial charge in [0.2, 0.25) is 0 Å². The molecule has 3 rings (SSSR count). The lowest BCUT2D eigenvalue weighted by Crippen LogP contribution is -2.15. The molecule has 5 heteroatoms. The number of nitrogens with zero attached hydrogens (tertiary/aromatic N) is 4. The number of anilines is 1. The number of aromatic nitrogens is 4. The molecule has 2 aromatic rings. The number of hydrogen-bond acceptors (Lipinski definition) is 4. The molecule has 0 unspecified atom stereocenters. The molecule has 1 aliphatic carbocycles. The summed E-state index contributed by atoms with van der Waals surface area (Å²) in [7, 11) is 0. The van der Waals surface area contributed by atoms with Gasteiger partial charge in [0.05, 0.1) is 11.6 Å². The van der Waals surface area contributed by atoms with Crippen LogP contribution in [0.25, 0.3) is 11.0 Å². The van der Waals surface area contributed by atoms with Gasteiger partial charge in [-0.1, -0.05) is 12.8 Å². The Morgan fingerprint density at radius 1 is 1.28 bits per heavy atom. The zero-order chi connectivity index (χ0) is 12.5. The maximum Gasteiger partial charge on any atom is 0.163 e. The molecule has 0 amide bonds. The van der Waals surface area contributed by atoms with Crippen LogP contribution in [-0.2, 0) is 0 Å². The zero-order valence-corrected chi connectivity index (χ0v) is 10.9. The van der Waals surface area contributed by atoms with Crippen LogP contribution in [0.3, 0.4) is 0 Å². The molecule has 1 saturated carbocycles. The van der Waals surface area contributed by atoms with Crippen molar-refractivity contribution < 1.29 is 0 Å². The normalized spacial score (nSPS) is 16.8. The lowest BCUT2D eigenvalue weighted by atomic mass is 10.2. The van der Waals surface area contributed by atoms with E-state index in [4.69, 9.17) is 0 Å². The molecule has 1 aliphatic rings. The Hall–Kier alpha value is -1.65. The van der Waals surface area contributed by atoms with Crippen LogP contribution in [0.4, 0.5) is 5.82 Å². The van der Waals surface area contributed by atoms with Crippen LogP contribution in [0, 0.1) is 0 Å². The van der Waals surface area contributed by atoms with Gasteiger partial charge in [-0.05, 0) is 26.7 Å². The first-order chi connectivity index (χ1) is 8.75. The molecule has 0 aliphatic heterocycles. The SMILES string of the molecule is CC(C)n1ncc2c(NC3CCCC3)ncnc21. The van der Waals surface area contributed by atoms with E-state index in [1.54, 1.807) is 6.33 Å². The van der Waals surface area contributed by atoms with E-state index in [0.717, 1.165) is 16.9 Å². The van der Waals surface area contributed by atoms with Crippen molar-refractivity contribution in [2.24, 2.45) is 0 Å². The number of fused-ring (bicyclic) bond motifs is 1. The summed E-state index contributed by atoms with van der Waals surface area (Å²) in [4.78, 5) is 8.71. The van der Waals surface area contributed by atoms with Crippen molar-refractivity contribution in [3.05, 3.63) is 12.5 Å². The van der Waals surface area contributed by atoms with Crippen molar-refractivity contribution in [2.45, 2.75) is 51.6 Å². The van der Waals surface area contributed by atoms with Crippen molar-refractivity contribution in [1.82, 2.24) is 19.7 Å². The summed E-state index contributed by atoms with van der Waals surface area (Å²) >= 11 is 0. The van der Waals surface area contributed by atoms with Gasteiger partial charge in [0.25, 0.3) is 0 Å². The van der Waals surface area contributed by atoms with Gasteiger partial charge in [-0.15, -0.1) is 0 Å². The molecule has 1 N–H and O–H groups in total. The third-order valence-corrected chi connectivity index (χ3v) is 3.58. The molecule has 0 aromatic carbocycles. The third kappa shape index (κ3) is 1.94. The van der Waals surface area contributed by atoms with E-state index in [2.05, 4.69) is 34.2 Å². The van der Waals surface area contributed by atoms with Crippen LogP contribution in [0.1, 0.15) is 45.6 Å². The summed E-state index contributed by atoms with van der Waals surface area (Å²) < 4.78 is 1.94. The predicted octanol–water partition coefficient (Wildman–Crippen LogP) is 2.76. The lowest BCUT2D eigenvalue weighted by Gasteiger charge is -2.13. The van der Waals surface area contributed by atoms with Gasteiger partial charge < -0.3 is 5.32 Å². The smallest absolute Gasteiger partial charge is 0.163 e. The Labute approximate surface area is 107 Å². The van der Waals surface area contributed by atoms with Crippen LogP contribution < -0.4 is 5.32 Å². The summed E-state index contributed by atoms with van der Waals surface area (Å²) in [5.41, 5.74) is 0.917. The van der Waals surface area contributed by atoms with E-state index in [0.29, 0.717) is 12.1 Å². The summed E-state index contributed by atoms with van der Waals surface area (Å²) in [6.45, 7) is 4.22. The highest BCUT2D eigenvalue weighted by atomic mass is 15.3. The van der Waals surface area contributed by atoms with Crippen molar-refractivity contribution in [3.63, 3.8) is 0 Å². The van der Waals surface area contributed by atoms with Crippen molar-refractivity contribution in [3.8, 4) is 0 Å². The van der Waals surface area contributed by atoms with Gasteiger partial charge in [-0.3, -0.25) is 0 Å². The van der Waals surface area contributed by atoms with E-state index in [-0.39, 0.29) is 0 Å². The van der Waals surface area contributed by atoms with E-state index < -0.39 is 0 Å². The fourth-order valence-electron chi connectivity index (χ4n) is 2.62. The van der Waals surface area contributed by atoms with Crippen LogP contribution >= 0.6 is 0 Å². The molecule has 0 atom stereocenters. The highest BCUT2D eigenvalue weighted by Gasteiger charge is 2.18. The molecule has 2 heterocycles. The Kier molecular flexibility index (Phi) is 2.89. The molecule has 0 bridgehead atoms. The Balaban J connectivity index is 1.96. The molecular weight excluding hydrogens is 226 g/mol. The number of rotatable bonds is 3. The van der Waals surface area contributed by atoms with Gasteiger partial charge in [-0.25, -0.2) is 14.6 Å². The highest BCUT2D eigenvalue weighted by molar-refractivity contribution is 5.86. The first-order valence-electron chi connectivity index (χ1n) is 6.70. The minimum atomic E-state index is 0.316. The predicted molar refractivity (Wildman–Crippen MR) is 71.6 cm³/mol.